The SMILES string of the molecule is O=C(Nc1ccc(C(=O)NCc2ccccn2)c(Cl)c1)c1ccc(-n2cccn2)cc1. The second kappa shape index (κ2) is 9.23. The van der Waals surface area contributed by atoms with Crippen LogP contribution in [-0.2, 0) is 6.54 Å². The van der Waals surface area contributed by atoms with E-state index in [1.165, 1.54) is 0 Å². The van der Waals surface area contributed by atoms with Gasteiger partial charge in [0.15, 0.2) is 0 Å². The lowest BCUT2D eigenvalue weighted by Crippen LogP contribution is -2.23. The maximum absolute atomic E-state index is 12.5. The summed E-state index contributed by atoms with van der Waals surface area (Å²) < 4.78 is 1.71. The van der Waals surface area contributed by atoms with Crippen LogP contribution in [0.2, 0.25) is 5.02 Å². The fourth-order valence-corrected chi connectivity index (χ4v) is 3.20. The van der Waals surface area contributed by atoms with Gasteiger partial charge in [-0.3, -0.25) is 14.6 Å². The van der Waals surface area contributed by atoms with Gasteiger partial charge in [0.05, 0.1) is 28.5 Å². The number of aromatic nitrogens is 3. The third kappa shape index (κ3) is 4.96. The first-order valence-corrected chi connectivity index (χ1v) is 9.87. The number of hydrogen-bond acceptors (Lipinski definition) is 4. The van der Waals surface area contributed by atoms with Crippen molar-refractivity contribution >= 4 is 29.1 Å². The van der Waals surface area contributed by atoms with E-state index in [-0.39, 0.29) is 16.8 Å². The first kappa shape index (κ1) is 20.3. The van der Waals surface area contributed by atoms with Crippen molar-refractivity contribution in [3.05, 3.63) is 107 Å². The number of carbonyl (C=O) groups excluding carboxylic acids is 2. The number of pyridine rings is 1. The van der Waals surface area contributed by atoms with Gasteiger partial charge in [0.2, 0.25) is 0 Å². The molecule has 4 rings (SSSR count). The van der Waals surface area contributed by atoms with Gasteiger partial charge in [0.1, 0.15) is 0 Å². The van der Waals surface area contributed by atoms with Crippen molar-refractivity contribution in [2.75, 3.05) is 5.32 Å². The van der Waals surface area contributed by atoms with Crippen molar-refractivity contribution < 1.29 is 9.59 Å². The second-order valence-electron chi connectivity index (χ2n) is 6.65. The minimum Gasteiger partial charge on any atom is -0.346 e. The first-order valence-electron chi connectivity index (χ1n) is 9.49. The highest BCUT2D eigenvalue weighted by molar-refractivity contribution is 6.34. The number of anilines is 1. The number of nitrogens with zero attached hydrogens (tertiary/aromatic N) is 3. The van der Waals surface area contributed by atoms with E-state index in [0.29, 0.717) is 23.4 Å². The highest BCUT2D eigenvalue weighted by Gasteiger charge is 2.13. The van der Waals surface area contributed by atoms with Crippen molar-refractivity contribution in [3.63, 3.8) is 0 Å². The molecule has 0 bridgehead atoms. The lowest BCUT2D eigenvalue weighted by molar-refractivity contribution is 0.0950. The molecule has 2 aromatic carbocycles. The molecule has 31 heavy (non-hydrogen) atoms. The Kier molecular flexibility index (Phi) is 6.05. The number of hydrogen-bond donors (Lipinski definition) is 2. The zero-order valence-corrected chi connectivity index (χ0v) is 17.1. The highest BCUT2D eigenvalue weighted by atomic mass is 35.5. The molecule has 0 radical (unpaired) electrons. The summed E-state index contributed by atoms with van der Waals surface area (Å²) in [5, 5.41) is 9.97. The number of carbonyl (C=O) groups is 2. The van der Waals surface area contributed by atoms with Crippen LogP contribution in [0, 0.1) is 0 Å². The molecule has 0 aliphatic carbocycles. The van der Waals surface area contributed by atoms with Gasteiger partial charge in [0, 0.05) is 29.8 Å². The van der Waals surface area contributed by atoms with E-state index in [1.54, 1.807) is 47.4 Å². The molecule has 154 valence electrons. The van der Waals surface area contributed by atoms with Gasteiger partial charge >= 0.3 is 0 Å². The van der Waals surface area contributed by atoms with Crippen molar-refractivity contribution in [3.8, 4) is 5.69 Å². The molecule has 0 aliphatic heterocycles. The molecule has 0 saturated carbocycles. The molecule has 2 N–H and O–H groups in total. The zero-order valence-electron chi connectivity index (χ0n) is 16.3. The second-order valence-corrected chi connectivity index (χ2v) is 7.06. The topological polar surface area (TPSA) is 88.9 Å². The molecule has 0 unspecified atom stereocenters. The van der Waals surface area contributed by atoms with E-state index < -0.39 is 0 Å². The fourth-order valence-electron chi connectivity index (χ4n) is 2.94. The molecular formula is C23H18ClN5O2. The van der Waals surface area contributed by atoms with Gasteiger partial charge in [-0.2, -0.15) is 5.10 Å². The van der Waals surface area contributed by atoms with Crippen LogP contribution < -0.4 is 10.6 Å². The minimum absolute atomic E-state index is 0.241. The summed E-state index contributed by atoms with van der Waals surface area (Å²) in [5.74, 6) is -0.599. The summed E-state index contributed by atoms with van der Waals surface area (Å²) in [6.07, 6.45) is 5.18. The summed E-state index contributed by atoms with van der Waals surface area (Å²) >= 11 is 6.28. The summed E-state index contributed by atoms with van der Waals surface area (Å²) in [6.45, 7) is 0.295. The summed E-state index contributed by atoms with van der Waals surface area (Å²) in [6, 6.07) is 19.1. The van der Waals surface area contributed by atoms with E-state index in [2.05, 4.69) is 20.7 Å². The Morgan fingerprint density at radius 3 is 2.45 bits per heavy atom. The molecule has 8 heteroatoms. The van der Waals surface area contributed by atoms with Crippen molar-refractivity contribution in [2.45, 2.75) is 6.54 Å². The molecule has 2 amide bonds. The molecule has 7 nitrogen and oxygen atoms in total. The van der Waals surface area contributed by atoms with Crippen LogP contribution >= 0.6 is 11.6 Å². The van der Waals surface area contributed by atoms with E-state index in [9.17, 15) is 9.59 Å². The third-order valence-corrected chi connectivity index (χ3v) is 4.84. The van der Waals surface area contributed by atoms with E-state index in [1.807, 2.05) is 42.6 Å². The molecule has 0 spiro atoms. The highest BCUT2D eigenvalue weighted by Crippen LogP contribution is 2.22. The van der Waals surface area contributed by atoms with Crippen LogP contribution in [0.4, 0.5) is 5.69 Å². The Bertz CT molecular complexity index is 1190. The Labute approximate surface area is 183 Å². The van der Waals surface area contributed by atoms with Crippen molar-refractivity contribution in [1.29, 1.82) is 0 Å². The van der Waals surface area contributed by atoms with Crippen LogP contribution in [0.5, 0.6) is 0 Å². The van der Waals surface area contributed by atoms with Crippen LogP contribution in [0.3, 0.4) is 0 Å². The molecule has 2 aromatic heterocycles. The Morgan fingerprint density at radius 1 is 0.935 bits per heavy atom. The predicted molar refractivity (Wildman–Crippen MR) is 118 cm³/mol. The Balaban J connectivity index is 1.39. The summed E-state index contributed by atoms with van der Waals surface area (Å²) in [5.41, 5.74) is 2.90. The van der Waals surface area contributed by atoms with E-state index in [4.69, 9.17) is 11.6 Å². The number of amides is 2. The summed E-state index contributed by atoms with van der Waals surface area (Å²) in [4.78, 5) is 29.1. The van der Waals surface area contributed by atoms with Crippen LogP contribution in [0.15, 0.2) is 85.3 Å². The zero-order chi connectivity index (χ0) is 21.6. The molecule has 0 atom stereocenters. The average molecular weight is 432 g/mol. The molecule has 0 fully saturated rings. The van der Waals surface area contributed by atoms with Gasteiger partial charge in [-0.1, -0.05) is 17.7 Å². The quantitative estimate of drug-likeness (QED) is 0.481. The molecule has 2 heterocycles. The lowest BCUT2D eigenvalue weighted by Gasteiger charge is -2.10. The number of nitrogens with one attached hydrogen (secondary N) is 2. The molecule has 0 saturated heterocycles. The first-order chi connectivity index (χ1) is 15.1. The molecule has 4 aromatic rings. The van der Waals surface area contributed by atoms with Gasteiger partial charge in [-0.25, -0.2) is 4.68 Å². The van der Waals surface area contributed by atoms with Gasteiger partial charge in [-0.15, -0.1) is 0 Å². The largest absolute Gasteiger partial charge is 0.346 e. The smallest absolute Gasteiger partial charge is 0.255 e. The standard InChI is InChI=1S/C23H18ClN5O2/c24-21-14-17(7-10-20(21)23(31)26-15-18-4-1-2-11-25-18)28-22(30)16-5-8-19(9-6-16)29-13-3-12-27-29/h1-14H,15H2,(H,26,31)(H,28,30). The van der Waals surface area contributed by atoms with Crippen LogP contribution in [0.1, 0.15) is 26.4 Å². The van der Waals surface area contributed by atoms with E-state index >= 15 is 0 Å². The number of rotatable bonds is 6. The predicted octanol–water partition coefficient (Wildman–Crippen LogP) is 4.10. The summed E-state index contributed by atoms with van der Waals surface area (Å²) in [7, 11) is 0. The average Bonchev–Trinajstić information content (AvgIpc) is 3.33. The van der Waals surface area contributed by atoms with Crippen LogP contribution in [-0.4, -0.2) is 26.6 Å². The molecular weight excluding hydrogens is 414 g/mol. The van der Waals surface area contributed by atoms with Crippen molar-refractivity contribution in [2.24, 2.45) is 0 Å². The number of benzene rings is 2. The van der Waals surface area contributed by atoms with Gasteiger partial charge in [-0.05, 0) is 60.7 Å². The van der Waals surface area contributed by atoms with Crippen LogP contribution in [0.25, 0.3) is 5.69 Å². The third-order valence-electron chi connectivity index (χ3n) is 4.53. The maximum Gasteiger partial charge on any atom is 0.255 e. The monoisotopic (exact) mass is 431 g/mol. The van der Waals surface area contributed by atoms with Gasteiger partial charge < -0.3 is 10.6 Å². The molecule has 0 aliphatic rings. The van der Waals surface area contributed by atoms with Crippen molar-refractivity contribution in [1.82, 2.24) is 20.1 Å². The fraction of sp³-hybridized carbons (Fsp3) is 0.0435. The maximum atomic E-state index is 12.5. The Hall–Kier alpha value is -3.97. The lowest BCUT2D eigenvalue weighted by atomic mass is 10.1. The van der Waals surface area contributed by atoms with Gasteiger partial charge in [0.25, 0.3) is 11.8 Å². The minimum atomic E-state index is -0.317. The Morgan fingerprint density at radius 2 is 1.77 bits per heavy atom. The normalized spacial score (nSPS) is 10.5. The number of halogens is 1. The van der Waals surface area contributed by atoms with E-state index in [0.717, 1.165) is 11.4 Å².